The van der Waals surface area contributed by atoms with Crippen molar-refractivity contribution >= 4 is 0 Å². The van der Waals surface area contributed by atoms with E-state index < -0.39 is 18.0 Å². The maximum atomic E-state index is 13.9. The molecule has 1 radical (unpaired) electrons. The van der Waals surface area contributed by atoms with E-state index in [-0.39, 0.29) is 6.42 Å². The molecule has 0 aromatic rings. The second-order valence-corrected chi connectivity index (χ2v) is 5.28. The van der Waals surface area contributed by atoms with E-state index in [9.17, 15) is 8.78 Å². The molecule has 0 aromatic heterocycles. The van der Waals surface area contributed by atoms with E-state index in [2.05, 4.69) is 10.2 Å². The van der Waals surface area contributed by atoms with Gasteiger partial charge < -0.3 is 10.5 Å². The van der Waals surface area contributed by atoms with Gasteiger partial charge in [0.1, 0.15) is 12.3 Å². The van der Waals surface area contributed by atoms with Crippen LogP contribution in [-0.4, -0.2) is 24.6 Å². The van der Waals surface area contributed by atoms with Gasteiger partial charge in [-0.1, -0.05) is 19.1 Å². The van der Waals surface area contributed by atoms with Gasteiger partial charge in [0.25, 0.3) is 0 Å². The molecule has 2 N–H and O–H groups in total. The lowest BCUT2D eigenvalue weighted by molar-refractivity contribution is -0.0656. The number of ether oxygens (including phenoxy) is 1. The fourth-order valence-corrected chi connectivity index (χ4v) is 2.40. The number of azo groups is 1. The predicted molar refractivity (Wildman–Crippen MR) is 76.7 cm³/mol. The molecule has 1 fully saturated rings. The van der Waals surface area contributed by atoms with Crippen molar-refractivity contribution in [2.24, 2.45) is 10.8 Å². The zero-order valence-electron chi connectivity index (χ0n) is 12.1. The molecule has 0 unspecified atom stereocenters. The van der Waals surface area contributed by atoms with Gasteiger partial charge in [-0.3, -0.25) is 0 Å². The summed E-state index contributed by atoms with van der Waals surface area (Å²) in [5.74, 6) is -2.88. The van der Waals surface area contributed by atoms with Gasteiger partial charge in [0.05, 0.1) is 17.4 Å². The van der Waals surface area contributed by atoms with E-state index in [0.29, 0.717) is 25.1 Å². The molecule has 2 aliphatic rings. The molecule has 1 saturated carbocycles. The Kier molecular flexibility index (Phi) is 5.22. The molecule has 0 saturated heterocycles. The molecule has 0 amide bonds. The summed E-state index contributed by atoms with van der Waals surface area (Å²) in [5.41, 5.74) is 7.07. The molecule has 115 valence electrons. The summed E-state index contributed by atoms with van der Waals surface area (Å²) in [7, 11) is 0. The van der Waals surface area contributed by atoms with Crippen LogP contribution in [0.3, 0.4) is 0 Å². The topological polar surface area (TPSA) is 61.7 Å². The van der Waals surface area contributed by atoms with Crippen molar-refractivity contribution in [1.82, 2.24) is 5.11 Å². The molecule has 0 aromatic carbocycles. The van der Waals surface area contributed by atoms with Gasteiger partial charge in [-0.05, 0) is 25.3 Å². The average Bonchev–Trinajstić information content (AvgIpc) is 2.45. The quantitative estimate of drug-likeness (QED) is 0.811. The van der Waals surface area contributed by atoms with Gasteiger partial charge in [-0.15, -0.1) is 0 Å². The van der Waals surface area contributed by atoms with Crippen molar-refractivity contribution in [2.45, 2.75) is 50.6 Å². The summed E-state index contributed by atoms with van der Waals surface area (Å²) in [6.45, 7) is 2.37. The van der Waals surface area contributed by atoms with E-state index in [1.807, 2.05) is 19.1 Å². The largest absolute Gasteiger partial charge is 0.496 e. The van der Waals surface area contributed by atoms with Crippen LogP contribution in [0.1, 0.15) is 32.6 Å². The molecule has 0 bridgehead atoms. The lowest BCUT2D eigenvalue weighted by atomic mass is 9.88. The Bertz CT molecular complexity index is 483. The van der Waals surface area contributed by atoms with Crippen molar-refractivity contribution in [1.29, 1.82) is 0 Å². The lowest BCUT2D eigenvalue weighted by Crippen LogP contribution is -2.52. The fourth-order valence-electron chi connectivity index (χ4n) is 2.40. The minimum Gasteiger partial charge on any atom is -0.496 e. The smallest absolute Gasteiger partial charge is 0.329 e. The third-order valence-corrected chi connectivity index (χ3v) is 3.59. The van der Waals surface area contributed by atoms with Crippen molar-refractivity contribution in [2.75, 3.05) is 6.61 Å². The first-order valence-corrected chi connectivity index (χ1v) is 7.27. The van der Waals surface area contributed by atoms with Gasteiger partial charge in [-0.25, -0.2) is 0 Å². The van der Waals surface area contributed by atoms with Crippen LogP contribution in [0.2, 0.25) is 0 Å². The molecule has 6 heteroatoms. The first kappa shape index (κ1) is 15.8. The highest BCUT2D eigenvalue weighted by molar-refractivity contribution is 5.38. The van der Waals surface area contributed by atoms with Gasteiger partial charge in [-0.2, -0.15) is 8.78 Å². The molecular formula is C15H21F2N3O+. The van der Waals surface area contributed by atoms with E-state index in [1.54, 1.807) is 12.3 Å². The number of hydrogen-bond donors (Lipinski definition) is 1. The Morgan fingerprint density at radius 1 is 1.57 bits per heavy atom. The van der Waals surface area contributed by atoms with Crippen LogP contribution in [0.15, 0.2) is 40.9 Å². The molecule has 1 heterocycles. The Morgan fingerprint density at radius 3 is 3.10 bits per heavy atom. The van der Waals surface area contributed by atoms with Crippen LogP contribution in [0, 0.1) is 0 Å². The summed E-state index contributed by atoms with van der Waals surface area (Å²) in [4.78, 5) is 0. The van der Waals surface area contributed by atoms with Gasteiger partial charge in [0.15, 0.2) is 5.11 Å². The normalized spacial score (nSPS) is 29.3. The number of hydrogen-bond acceptors (Lipinski definition) is 4. The standard InChI is InChI=1S/C15H21F2N3O/c1-2-3-5-11-10-21-9-7-13(11)19-20-14-12(18)6-4-8-15(14,16)17/h3,5,7,10,12,14H,2,4,6,8-9,18H2,1H3/q+1/b5-3+,20-19?/t12-,14-/m1/s1. The highest BCUT2D eigenvalue weighted by atomic mass is 19.3. The van der Waals surface area contributed by atoms with Crippen molar-refractivity contribution < 1.29 is 13.5 Å². The Balaban J connectivity index is 2.13. The molecule has 21 heavy (non-hydrogen) atoms. The summed E-state index contributed by atoms with van der Waals surface area (Å²) < 4.78 is 32.9. The van der Waals surface area contributed by atoms with Crippen molar-refractivity contribution in [3.8, 4) is 0 Å². The van der Waals surface area contributed by atoms with Crippen molar-refractivity contribution in [3.63, 3.8) is 0 Å². The number of nitrogens with two attached hydrogens (primary N) is 1. The summed E-state index contributed by atoms with van der Waals surface area (Å²) in [6, 6.07) is -1.89. The average molecular weight is 297 g/mol. The number of alkyl halides is 2. The van der Waals surface area contributed by atoms with Crippen LogP contribution >= 0.6 is 0 Å². The van der Waals surface area contributed by atoms with E-state index in [1.165, 1.54) is 0 Å². The molecule has 2 atom stereocenters. The van der Waals surface area contributed by atoms with Crippen molar-refractivity contribution in [3.05, 3.63) is 35.8 Å². The highest BCUT2D eigenvalue weighted by Crippen LogP contribution is 2.33. The van der Waals surface area contributed by atoms with Gasteiger partial charge in [0.2, 0.25) is 0 Å². The maximum Gasteiger partial charge on any atom is 0.329 e. The van der Waals surface area contributed by atoms with Crippen LogP contribution in [0.25, 0.3) is 0 Å². The van der Waals surface area contributed by atoms with E-state index >= 15 is 0 Å². The fraction of sp³-hybridized carbons (Fsp3) is 0.600. The number of rotatable bonds is 4. The number of nitrogens with zero attached hydrogens (tertiary/aromatic N) is 2. The lowest BCUT2D eigenvalue weighted by Gasteiger charge is -2.25. The van der Waals surface area contributed by atoms with Crippen LogP contribution in [0.5, 0.6) is 0 Å². The van der Waals surface area contributed by atoms with E-state index in [0.717, 1.165) is 12.0 Å². The summed E-state index contributed by atoms with van der Waals surface area (Å²) in [5, 5.41) is 7.86. The Morgan fingerprint density at radius 2 is 2.38 bits per heavy atom. The zero-order chi connectivity index (χ0) is 15.3. The van der Waals surface area contributed by atoms with Crippen LogP contribution < -0.4 is 10.8 Å². The third-order valence-electron chi connectivity index (χ3n) is 3.59. The van der Waals surface area contributed by atoms with Crippen LogP contribution in [-0.2, 0) is 4.74 Å². The minimum atomic E-state index is -2.88. The first-order chi connectivity index (χ1) is 10.0. The summed E-state index contributed by atoms with van der Waals surface area (Å²) in [6.07, 6.45) is 8.78. The van der Waals surface area contributed by atoms with Gasteiger partial charge >= 0.3 is 12.0 Å². The Labute approximate surface area is 123 Å². The maximum absolute atomic E-state index is 13.9. The number of halogens is 2. The van der Waals surface area contributed by atoms with Crippen LogP contribution in [0.4, 0.5) is 8.78 Å². The summed E-state index contributed by atoms with van der Waals surface area (Å²) >= 11 is 0. The Hall–Kier alpha value is -1.56. The molecule has 1 aliphatic heterocycles. The zero-order valence-corrected chi connectivity index (χ0v) is 12.1. The third kappa shape index (κ3) is 3.97. The number of allylic oxidation sites excluding steroid dienone is 2. The second kappa shape index (κ2) is 6.93. The first-order valence-electron chi connectivity index (χ1n) is 7.27. The predicted octanol–water partition coefficient (Wildman–Crippen LogP) is 3.05. The SMILES string of the molecule is CC/C=C/C1=COCC=C1N=[N+][C@@H]1[C@H](N)CCCC1(F)F. The minimum absolute atomic E-state index is 0.176. The molecule has 0 spiro atoms. The molecular weight excluding hydrogens is 276 g/mol. The molecule has 2 rings (SSSR count). The monoisotopic (exact) mass is 297 g/mol. The second-order valence-electron chi connectivity index (χ2n) is 5.28. The van der Waals surface area contributed by atoms with Gasteiger partial charge in [0, 0.05) is 12.0 Å². The highest BCUT2D eigenvalue weighted by Gasteiger charge is 2.54. The van der Waals surface area contributed by atoms with E-state index in [4.69, 9.17) is 10.5 Å². The molecule has 4 nitrogen and oxygen atoms in total. The molecule has 1 aliphatic carbocycles.